The van der Waals surface area contributed by atoms with Gasteiger partial charge in [0.15, 0.2) is 0 Å². The summed E-state index contributed by atoms with van der Waals surface area (Å²) in [6, 6.07) is 6.38. The van der Waals surface area contributed by atoms with Crippen molar-refractivity contribution in [1.82, 2.24) is 0 Å². The smallest absolute Gasteiger partial charge is 0.0447 e. The maximum absolute atomic E-state index is 6.28. The van der Waals surface area contributed by atoms with Gasteiger partial charge >= 0.3 is 0 Å². The van der Waals surface area contributed by atoms with E-state index in [1.165, 1.54) is 24.0 Å². The summed E-state index contributed by atoms with van der Waals surface area (Å²) in [5.41, 5.74) is 3.51. The molecule has 2 bridgehead atoms. The fourth-order valence-corrected chi connectivity index (χ4v) is 3.81. The van der Waals surface area contributed by atoms with Crippen molar-refractivity contribution in [3.8, 4) is 0 Å². The molecule has 0 aromatic heterocycles. The third-order valence-corrected chi connectivity index (χ3v) is 4.62. The molecule has 1 aromatic carbocycles. The Morgan fingerprint density at radius 2 is 1.93 bits per heavy atom. The lowest BCUT2D eigenvalue weighted by atomic mass is 9.90. The van der Waals surface area contributed by atoms with Gasteiger partial charge in [-0.25, -0.2) is 0 Å². The van der Waals surface area contributed by atoms with E-state index < -0.39 is 0 Å². The van der Waals surface area contributed by atoms with Crippen molar-refractivity contribution < 1.29 is 0 Å². The van der Waals surface area contributed by atoms with Crippen molar-refractivity contribution in [3.05, 3.63) is 46.5 Å². The zero-order valence-electron chi connectivity index (χ0n) is 7.83. The lowest BCUT2D eigenvalue weighted by Gasteiger charge is -2.12. The van der Waals surface area contributed by atoms with Crippen LogP contribution in [0.15, 0.2) is 30.4 Å². The molecule has 0 amide bonds. The minimum absolute atomic E-state index is 0.577. The van der Waals surface area contributed by atoms with Gasteiger partial charge in [-0.15, -0.1) is 0 Å². The van der Waals surface area contributed by atoms with Crippen molar-refractivity contribution in [2.75, 3.05) is 0 Å². The third-order valence-electron chi connectivity index (χ3n) is 4.29. The van der Waals surface area contributed by atoms with Crippen LogP contribution in [0, 0.1) is 5.41 Å². The van der Waals surface area contributed by atoms with Crippen molar-refractivity contribution in [1.29, 1.82) is 0 Å². The summed E-state index contributed by atoms with van der Waals surface area (Å²) in [5, 5.41) is 0.977. The average molecular weight is 203 g/mol. The summed E-state index contributed by atoms with van der Waals surface area (Å²) in [6.07, 6.45) is 7.56. The van der Waals surface area contributed by atoms with E-state index >= 15 is 0 Å². The third kappa shape index (κ3) is 0.632. The second-order valence-corrected chi connectivity index (χ2v) is 5.22. The number of benzene rings is 1. The van der Waals surface area contributed by atoms with E-state index in [1.54, 1.807) is 0 Å². The van der Waals surface area contributed by atoms with Crippen LogP contribution < -0.4 is 0 Å². The highest BCUT2D eigenvalue weighted by molar-refractivity contribution is 6.31. The molecule has 1 fully saturated rings. The van der Waals surface area contributed by atoms with Crippen LogP contribution in [0.1, 0.15) is 35.8 Å². The van der Waals surface area contributed by atoms with Gasteiger partial charge < -0.3 is 0 Å². The number of rotatable bonds is 0. The largest absolute Gasteiger partial charge is 0.0840 e. The van der Waals surface area contributed by atoms with Crippen LogP contribution in [0.25, 0.3) is 0 Å². The van der Waals surface area contributed by atoms with Crippen molar-refractivity contribution in [3.63, 3.8) is 0 Å². The maximum atomic E-state index is 6.28. The van der Waals surface area contributed by atoms with Gasteiger partial charge in [-0.2, -0.15) is 0 Å². The highest BCUT2D eigenvalue weighted by Crippen LogP contribution is 2.73. The van der Waals surface area contributed by atoms with Gasteiger partial charge in [-0.3, -0.25) is 0 Å². The molecule has 0 saturated heterocycles. The minimum atomic E-state index is 0.577. The summed E-state index contributed by atoms with van der Waals surface area (Å²) in [6.45, 7) is 0. The maximum Gasteiger partial charge on any atom is 0.0447 e. The van der Waals surface area contributed by atoms with Crippen LogP contribution in [0.4, 0.5) is 0 Å². The SMILES string of the molecule is Clc1cccc2c1C1C=CC2C12CC2. The standard InChI is InChI=1S/C13H11Cl/c14-11-3-1-2-8-9-4-5-10(12(8)11)13(9)6-7-13/h1-5,9-10H,6-7H2. The van der Waals surface area contributed by atoms with Gasteiger partial charge in [0.2, 0.25) is 0 Å². The van der Waals surface area contributed by atoms with Gasteiger partial charge in [0.1, 0.15) is 0 Å². The van der Waals surface area contributed by atoms with E-state index in [2.05, 4.69) is 24.3 Å². The normalized spacial score (nSPS) is 33.8. The zero-order chi connectivity index (χ0) is 9.34. The molecule has 4 rings (SSSR count). The average Bonchev–Trinajstić information content (AvgIpc) is 2.83. The summed E-state index contributed by atoms with van der Waals surface area (Å²) in [7, 11) is 0. The lowest BCUT2D eigenvalue weighted by Crippen LogP contribution is -2.03. The van der Waals surface area contributed by atoms with E-state index in [9.17, 15) is 0 Å². The summed E-state index contributed by atoms with van der Waals surface area (Å²) in [4.78, 5) is 0. The molecule has 3 aliphatic rings. The molecule has 0 radical (unpaired) electrons. The second kappa shape index (κ2) is 2.09. The number of halogens is 1. The molecule has 1 aromatic rings. The molecule has 1 heteroatoms. The quantitative estimate of drug-likeness (QED) is 0.561. The molecule has 2 atom stereocenters. The predicted molar refractivity (Wildman–Crippen MR) is 57.7 cm³/mol. The summed E-state index contributed by atoms with van der Waals surface area (Å²) < 4.78 is 0. The molecule has 0 heterocycles. The molecule has 2 unspecified atom stereocenters. The van der Waals surface area contributed by atoms with Gasteiger partial charge in [-0.1, -0.05) is 35.9 Å². The summed E-state index contributed by atoms with van der Waals surface area (Å²) >= 11 is 6.28. The van der Waals surface area contributed by atoms with Crippen LogP contribution in [0.5, 0.6) is 0 Å². The van der Waals surface area contributed by atoms with E-state index in [1.807, 2.05) is 6.07 Å². The first kappa shape index (κ1) is 7.53. The molecule has 0 aliphatic heterocycles. The molecule has 70 valence electrons. The first-order valence-electron chi connectivity index (χ1n) is 5.29. The van der Waals surface area contributed by atoms with Crippen molar-refractivity contribution in [2.45, 2.75) is 24.7 Å². The van der Waals surface area contributed by atoms with E-state index in [0.717, 1.165) is 5.02 Å². The van der Waals surface area contributed by atoms with Gasteiger partial charge in [-0.05, 0) is 35.4 Å². The number of allylic oxidation sites excluding steroid dienone is 2. The van der Waals surface area contributed by atoms with E-state index in [-0.39, 0.29) is 0 Å². The molecule has 1 spiro atoms. The monoisotopic (exact) mass is 202 g/mol. The molecular formula is C13H11Cl. The van der Waals surface area contributed by atoms with Crippen molar-refractivity contribution >= 4 is 11.6 Å². The Balaban J connectivity index is 2.04. The Bertz CT molecular complexity index is 454. The van der Waals surface area contributed by atoms with Gasteiger partial charge in [0, 0.05) is 16.9 Å². The minimum Gasteiger partial charge on any atom is -0.0840 e. The fraction of sp³-hybridized carbons (Fsp3) is 0.385. The van der Waals surface area contributed by atoms with Crippen LogP contribution in [-0.2, 0) is 0 Å². The summed E-state index contributed by atoms with van der Waals surface area (Å²) in [5.74, 6) is 1.32. The molecule has 14 heavy (non-hydrogen) atoms. The van der Waals surface area contributed by atoms with Crippen LogP contribution in [0.2, 0.25) is 5.02 Å². The zero-order valence-corrected chi connectivity index (χ0v) is 8.59. The first-order valence-corrected chi connectivity index (χ1v) is 5.67. The highest BCUT2D eigenvalue weighted by Gasteiger charge is 2.61. The molecule has 0 nitrogen and oxygen atoms in total. The number of fused-ring (bicyclic) bond motifs is 3. The Morgan fingerprint density at radius 1 is 1.14 bits per heavy atom. The van der Waals surface area contributed by atoms with Crippen LogP contribution in [-0.4, -0.2) is 0 Å². The van der Waals surface area contributed by atoms with E-state index in [0.29, 0.717) is 17.3 Å². The Hall–Kier alpha value is -0.750. The lowest BCUT2D eigenvalue weighted by molar-refractivity contribution is 0.484. The van der Waals surface area contributed by atoms with Crippen LogP contribution >= 0.6 is 11.6 Å². The van der Waals surface area contributed by atoms with Crippen molar-refractivity contribution in [2.24, 2.45) is 5.41 Å². The Morgan fingerprint density at radius 3 is 2.64 bits per heavy atom. The first-order chi connectivity index (χ1) is 6.83. The molecule has 1 saturated carbocycles. The second-order valence-electron chi connectivity index (χ2n) is 4.82. The van der Waals surface area contributed by atoms with Crippen LogP contribution in [0.3, 0.4) is 0 Å². The van der Waals surface area contributed by atoms with Gasteiger partial charge in [0.05, 0.1) is 0 Å². The predicted octanol–water partition coefficient (Wildman–Crippen LogP) is 3.87. The number of hydrogen-bond donors (Lipinski definition) is 0. The van der Waals surface area contributed by atoms with E-state index in [4.69, 9.17) is 11.6 Å². The topological polar surface area (TPSA) is 0 Å². The van der Waals surface area contributed by atoms with Gasteiger partial charge in [0.25, 0.3) is 0 Å². The highest BCUT2D eigenvalue weighted by atomic mass is 35.5. The molecule has 3 aliphatic carbocycles. The Kier molecular flexibility index (Phi) is 1.12. The molecular weight excluding hydrogens is 192 g/mol. The fourth-order valence-electron chi connectivity index (χ4n) is 3.52. The number of hydrogen-bond acceptors (Lipinski definition) is 0. The Labute approximate surface area is 88.6 Å². The molecule has 0 N–H and O–H groups in total.